The lowest BCUT2D eigenvalue weighted by atomic mass is 9.78. The molecule has 1 aliphatic rings. The topological polar surface area (TPSA) is 76.3 Å². The number of rotatable bonds is 4. The van der Waals surface area contributed by atoms with E-state index < -0.39 is 10.0 Å². The number of sulfonamides is 1. The van der Waals surface area contributed by atoms with Gasteiger partial charge in [-0.3, -0.25) is 0 Å². The van der Waals surface area contributed by atoms with E-state index in [0.29, 0.717) is 5.82 Å². The van der Waals surface area contributed by atoms with Crippen LogP contribution < -0.4 is 10.0 Å². The smallest absolute Gasteiger partial charge is 0.241 e. The van der Waals surface area contributed by atoms with Gasteiger partial charge < -0.3 is 4.90 Å². The molecule has 1 aromatic rings. The number of aromatic nitrogens is 1. The number of piperidine rings is 1. The van der Waals surface area contributed by atoms with Crippen LogP contribution in [0.2, 0.25) is 0 Å². The van der Waals surface area contributed by atoms with Gasteiger partial charge in [-0.15, -0.1) is 0 Å². The molecular weight excluding hydrogens is 274 g/mol. The van der Waals surface area contributed by atoms with Gasteiger partial charge >= 0.3 is 0 Å². The summed E-state index contributed by atoms with van der Waals surface area (Å²) in [6, 6.07) is 3.14. The molecule has 2 heterocycles. The van der Waals surface area contributed by atoms with Gasteiger partial charge in [0.1, 0.15) is 10.7 Å². The Hall–Kier alpha value is -1.14. The molecule has 1 saturated heterocycles. The first-order valence-electron chi connectivity index (χ1n) is 7.08. The minimum absolute atomic E-state index is 0.126. The van der Waals surface area contributed by atoms with Crippen LogP contribution in [-0.4, -0.2) is 26.5 Å². The number of nitrogens with two attached hydrogens (primary N) is 1. The summed E-state index contributed by atoms with van der Waals surface area (Å²) in [6.45, 7) is 6.11. The van der Waals surface area contributed by atoms with Gasteiger partial charge in [-0.25, -0.2) is 18.5 Å². The number of hydrogen-bond donors (Lipinski definition) is 1. The fourth-order valence-electron chi connectivity index (χ4n) is 3.15. The van der Waals surface area contributed by atoms with Crippen LogP contribution in [0.1, 0.15) is 39.5 Å². The molecule has 1 atom stereocenters. The minimum atomic E-state index is -3.74. The molecule has 0 spiro atoms. The van der Waals surface area contributed by atoms with E-state index in [9.17, 15) is 8.42 Å². The van der Waals surface area contributed by atoms with E-state index >= 15 is 0 Å². The highest BCUT2D eigenvalue weighted by Crippen LogP contribution is 2.36. The van der Waals surface area contributed by atoms with Gasteiger partial charge in [0.2, 0.25) is 10.0 Å². The molecule has 0 aromatic carbocycles. The summed E-state index contributed by atoms with van der Waals surface area (Å²) < 4.78 is 23.4. The third-order valence-corrected chi connectivity index (χ3v) is 4.92. The molecule has 0 aliphatic carbocycles. The van der Waals surface area contributed by atoms with Crippen molar-refractivity contribution >= 4 is 15.8 Å². The fourth-order valence-corrected chi connectivity index (χ4v) is 3.85. The average molecular weight is 297 g/mol. The quantitative estimate of drug-likeness (QED) is 0.923. The lowest BCUT2D eigenvalue weighted by Crippen LogP contribution is -2.42. The maximum atomic E-state index is 11.7. The van der Waals surface area contributed by atoms with Crippen LogP contribution in [-0.2, 0) is 10.0 Å². The van der Waals surface area contributed by atoms with Crippen LogP contribution >= 0.6 is 0 Å². The molecule has 0 amide bonds. The molecule has 0 bridgehead atoms. The minimum Gasteiger partial charge on any atom is -0.355 e. The normalized spacial score (nSPS) is 23.9. The third kappa shape index (κ3) is 3.30. The average Bonchev–Trinajstić information content (AvgIpc) is 2.38. The van der Waals surface area contributed by atoms with E-state index in [1.807, 2.05) is 0 Å². The van der Waals surface area contributed by atoms with E-state index in [1.165, 1.54) is 12.5 Å². The molecule has 5 nitrogen and oxygen atoms in total. The predicted octanol–water partition coefficient (Wildman–Crippen LogP) is 2.14. The first-order chi connectivity index (χ1) is 9.36. The predicted molar refractivity (Wildman–Crippen MR) is 80.1 cm³/mol. The summed E-state index contributed by atoms with van der Waals surface area (Å²) in [5.41, 5.74) is 0.222. The lowest BCUT2D eigenvalue weighted by molar-refractivity contribution is 0.238. The number of anilines is 1. The van der Waals surface area contributed by atoms with Gasteiger partial charge in [0.15, 0.2) is 0 Å². The zero-order valence-corrected chi connectivity index (χ0v) is 13.0. The summed E-state index contributed by atoms with van der Waals surface area (Å²) in [6.07, 6.45) is 6.12. The maximum Gasteiger partial charge on any atom is 0.241 e. The molecule has 1 fully saturated rings. The van der Waals surface area contributed by atoms with Crippen molar-refractivity contribution in [2.45, 2.75) is 44.4 Å². The second-order valence-corrected chi connectivity index (χ2v) is 7.49. The van der Waals surface area contributed by atoms with Crippen molar-refractivity contribution < 1.29 is 8.42 Å². The summed E-state index contributed by atoms with van der Waals surface area (Å²) in [4.78, 5) is 6.46. The summed E-state index contributed by atoms with van der Waals surface area (Å²) in [5, 5.41) is 5.30. The zero-order valence-electron chi connectivity index (χ0n) is 12.2. The Bertz CT molecular complexity index is 570. The number of primary sulfonamides is 1. The molecule has 6 heteroatoms. The van der Waals surface area contributed by atoms with Gasteiger partial charge in [-0.1, -0.05) is 20.3 Å². The van der Waals surface area contributed by atoms with E-state index in [-0.39, 0.29) is 10.3 Å². The van der Waals surface area contributed by atoms with Crippen molar-refractivity contribution in [1.29, 1.82) is 0 Å². The van der Waals surface area contributed by atoms with Crippen molar-refractivity contribution in [2.75, 3.05) is 18.0 Å². The van der Waals surface area contributed by atoms with Gasteiger partial charge in [-0.2, -0.15) is 0 Å². The van der Waals surface area contributed by atoms with Gasteiger partial charge in [0.25, 0.3) is 0 Å². The van der Waals surface area contributed by atoms with Crippen molar-refractivity contribution in [1.82, 2.24) is 4.98 Å². The highest BCUT2D eigenvalue weighted by atomic mass is 32.2. The molecule has 1 aliphatic heterocycles. The fraction of sp³-hybridized carbons (Fsp3) is 0.643. The van der Waals surface area contributed by atoms with Crippen LogP contribution in [0.4, 0.5) is 5.82 Å². The van der Waals surface area contributed by atoms with Crippen LogP contribution in [0.25, 0.3) is 0 Å². The standard InChI is InChI=1S/C14H23N3O2S/c1-3-7-14(2)8-5-10-17(11-14)13-12(20(15,18)19)6-4-9-16-13/h4,6,9H,3,5,7-8,10-11H2,1-2H3,(H2,15,18,19). The van der Waals surface area contributed by atoms with E-state index in [1.54, 1.807) is 12.3 Å². The van der Waals surface area contributed by atoms with E-state index in [4.69, 9.17) is 5.14 Å². The van der Waals surface area contributed by atoms with Crippen LogP contribution in [0, 0.1) is 5.41 Å². The Morgan fingerprint density at radius 1 is 1.50 bits per heavy atom. The Kier molecular flexibility index (Phi) is 4.34. The molecule has 0 saturated carbocycles. The Balaban J connectivity index is 2.33. The molecule has 1 unspecified atom stereocenters. The van der Waals surface area contributed by atoms with Crippen LogP contribution in [0.15, 0.2) is 23.2 Å². The van der Waals surface area contributed by atoms with E-state index in [2.05, 4.69) is 23.7 Å². The summed E-state index contributed by atoms with van der Waals surface area (Å²) in [7, 11) is -3.74. The molecule has 1 aromatic heterocycles. The molecule has 2 N–H and O–H groups in total. The lowest BCUT2D eigenvalue weighted by Gasteiger charge is -2.41. The Morgan fingerprint density at radius 2 is 2.25 bits per heavy atom. The molecule has 2 rings (SSSR count). The maximum absolute atomic E-state index is 11.7. The van der Waals surface area contributed by atoms with Crippen molar-refractivity contribution in [2.24, 2.45) is 10.6 Å². The van der Waals surface area contributed by atoms with Gasteiger partial charge in [0.05, 0.1) is 0 Å². The molecule has 0 radical (unpaired) electrons. The van der Waals surface area contributed by atoms with E-state index in [0.717, 1.165) is 32.4 Å². The summed E-state index contributed by atoms with van der Waals surface area (Å²) >= 11 is 0. The Labute approximate surface area is 121 Å². The first kappa shape index (κ1) is 15.3. The number of nitrogens with zero attached hydrogens (tertiary/aromatic N) is 2. The SMILES string of the molecule is CCCC1(C)CCCN(c2ncccc2S(N)(=O)=O)C1. The second-order valence-electron chi connectivity index (χ2n) is 5.96. The summed E-state index contributed by atoms with van der Waals surface area (Å²) in [5.74, 6) is 0.497. The highest BCUT2D eigenvalue weighted by Gasteiger charge is 2.32. The molecular formula is C14H23N3O2S. The number of pyridine rings is 1. The van der Waals surface area contributed by atoms with Crippen molar-refractivity contribution in [3.8, 4) is 0 Å². The van der Waals surface area contributed by atoms with Crippen LogP contribution in [0.5, 0.6) is 0 Å². The second kappa shape index (κ2) is 5.69. The zero-order chi connectivity index (χ0) is 14.8. The Morgan fingerprint density at radius 3 is 2.90 bits per heavy atom. The molecule has 112 valence electrons. The highest BCUT2D eigenvalue weighted by molar-refractivity contribution is 7.89. The van der Waals surface area contributed by atoms with Gasteiger partial charge in [0, 0.05) is 19.3 Å². The van der Waals surface area contributed by atoms with Gasteiger partial charge in [-0.05, 0) is 36.8 Å². The largest absolute Gasteiger partial charge is 0.355 e. The third-order valence-electron chi connectivity index (χ3n) is 3.99. The van der Waals surface area contributed by atoms with Crippen LogP contribution in [0.3, 0.4) is 0 Å². The van der Waals surface area contributed by atoms with Crippen molar-refractivity contribution in [3.05, 3.63) is 18.3 Å². The first-order valence-corrected chi connectivity index (χ1v) is 8.63. The molecule has 20 heavy (non-hydrogen) atoms. The number of hydrogen-bond acceptors (Lipinski definition) is 4. The monoisotopic (exact) mass is 297 g/mol. The van der Waals surface area contributed by atoms with Crippen molar-refractivity contribution in [3.63, 3.8) is 0 Å².